The number of hydrogen-bond donors (Lipinski definition) is 1. The van der Waals surface area contributed by atoms with Gasteiger partial charge in [-0.05, 0) is 12.8 Å². The molecule has 88 valence electrons. The Morgan fingerprint density at radius 3 is 2.44 bits per heavy atom. The maximum absolute atomic E-state index is 11.2. The van der Waals surface area contributed by atoms with Crippen LogP contribution in [0.25, 0.3) is 0 Å². The molecule has 1 atom stereocenters. The van der Waals surface area contributed by atoms with E-state index in [-0.39, 0.29) is 18.4 Å². The highest BCUT2D eigenvalue weighted by atomic mass is 16.6. The predicted octanol–water partition coefficient (Wildman–Crippen LogP) is 1.30. The molecule has 1 unspecified atom stereocenters. The van der Waals surface area contributed by atoms with Crippen LogP contribution in [0.2, 0.25) is 0 Å². The van der Waals surface area contributed by atoms with Crippen molar-refractivity contribution in [2.24, 2.45) is 5.92 Å². The highest BCUT2D eigenvalue weighted by Crippen LogP contribution is 2.12. The first kappa shape index (κ1) is 14.1. The molecular weight excluding hydrogens is 212 g/mol. The van der Waals surface area contributed by atoms with E-state index in [9.17, 15) is 14.4 Å². The third-order valence-corrected chi connectivity index (χ3v) is 1.95. The van der Waals surface area contributed by atoms with Crippen LogP contribution in [0.1, 0.15) is 19.8 Å². The summed E-state index contributed by atoms with van der Waals surface area (Å²) in [5, 5.41) is 8.53. The number of carbonyl (C=O) groups is 3. The highest BCUT2D eigenvalue weighted by molar-refractivity contribution is 5.92. The molecule has 0 aromatic carbocycles. The Kier molecular flexibility index (Phi) is 5.77. The van der Waals surface area contributed by atoms with Gasteiger partial charge in [0.2, 0.25) is 0 Å². The van der Waals surface area contributed by atoms with E-state index in [1.165, 1.54) is 0 Å². The van der Waals surface area contributed by atoms with Gasteiger partial charge in [-0.1, -0.05) is 20.1 Å². The topological polar surface area (TPSA) is 80.7 Å². The molecule has 0 aromatic rings. The minimum atomic E-state index is -1.09. The molecule has 0 aliphatic heterocycles. The van der Waals surface area contributed by atoms with Crippen molar-refractivity contribution in [1.82, 2.24) is 0 Å². The van der Waals surface area contributed by atoms with Crippen LogP contribution >= 0.6 is 0 Å². The average Bonchev–Trinajstić information content (AvgIpc) is 2.24. The molecule has 0 amide bonds. The molecule has 0 saturated carbocycles. The summed E-state index contributed by atoms with van der Waals surface area (Å²) in [5.41, 5.74) is 0.0229. The van der Waals surface area contributed by atoms with Gasteiger partial charge in [-0.15, -0.1) is 0 Å². The van der Waals surface area contributed by atoms with E-state index >= 15 is 0 Å². The Hall–Kier alpha value is -1.91. The second kappa shape index (κ2) is 6.55. The number of hydrogen-bond acceptors (Lipinski definition) is 4. The Balaban J connectivity index is 4.06. The number of rotatable bonds is 6. The maximum atomic E-state index is 11.2. The van der Waals surface area contributed by atoms with Crippen molar-refractivity contribution in [3.63, 3.8) is 0 Å². The molecule has 0 rings (SSSR count). The normalized spacial score (nSPS) is 11.3. The minimum absolute atomic E-state index is 0.0229. The van der Waals surface area contributed by atoms with Crippen molar-refractivity contribution in [1.29, 1.82) is 0 Å². The van der Waals surface area contributed by atoms with E-state index in [0.29, 0.717) is 0 Å². The zero-order chi connectivity index (χ0) is 12.7. The van der Waals surface area contributed by atoms with E-state index in [4.69, 9.17) is 5.11 Å². The summed E-state index contributed by atoms with van der Waals surface area (Å²) in [4.78, 5) is 32.3. The van der Waals surface area contributed by atoms with E-state index in [1.807, 2.05) is 0 Å². The standard InChI is InChI=1S/C11H14O5/c1-4-9(12)16-11(15)8(3)6-5-7(2)10(13)14/h4,8H,1-2,5-6H2,3H3,(H,13,14). The number of carboxylic acid groups (broad SMARTS) is 1. The molecule has 16 heavy (non-hydrogen) atoms. The molecule has 0 aromatic heterocycles. The van der Waals surface area contributed by atoms with Crippen LogP contribution in [0, 0.1) is 5.92 Å². The summed E-state index contributed by atoms with van der Waals surface area (Å²) in [7, 11) is 0. The van der Waals surface area contributed by atoms with Gasteiger partial charge >= 0.3 is 17.9 Å². The average molecular weight is 226 g/mol. The molecule has 5 heteroatoms. The summed E-state index contributed by atoms with van der Waals surface area (Å²) < 4.78 is 4.38. The zero-order valence-corrected chi connectivity index (χ0v) is 9.06. The van der Waals surface area contributed by atoms with Crippen molar-refractivity contribution >= 4 is 17.9 Å². The fourth-order valence-corrected chi connectivity index (χ4v) is 0.857. The molecular formula is C11H14O5. The lowest BCUT2D eigenvalue weighted by Crippen LogP contribution is -2.18. The monoisotopic (exact) mass is 226 g/mol. The van der Waals surface area contributed by atoms with Gasteiger partial charge in [0.05, 0.1) is 5.92 Å². The molecule has 0 spiro atoms. The van der Waals surface area contributed by atoms with Crippen LogP contribution in [-0.4, -0.2) is 23.0 Å². The zero-order valence-electron chi connectivity index (χ0n) is 9.06. The molecule has 0 saturated heterocycles. The lowest BCUT2D eigenvalue weighted by Gasteiger charge is -2.08. The van der Waals surface area contributed by atoms with Crippen molar-refractivity contribution in [2.45, 2.75) is 19.8 Å². The Morgan fingerprint density at radius 1 is 1.44 bits per heavy atom. The molecule has 0 fully saturated rings. The first-order valence-corrected chi connectivity index (χ1v) is 4.67. The third kappa shape index (κ3) is 5.09. The van der Waals surface area contributed by atoms with Crippen molar-refractivity contribution < 1.29 is 24.2 Å². The van der Waals surface area contributed by atoms with Crippen LogP contribution < -0.4 is 0 Å². The third-order valence-electron chi connectivity index (χ3n) is 1.95. The summed E-state index contributed by atoms with van der Waals surface area (Å²) in [5.74, 6) is -3.15. The van der Waals surface area contributed by atoms with E-state index < -0.39 is 23.8 Å². The molecule has 0 bridgehead atoms. The Bertz CT molecular complexity index is 329. The van der Waals surface area contributed by atoms with Crippen molar-refractivity contribution in [2.75, 3.05) is 0 Å². The van der Waals surface area contributed by atoms with Gasteiger partial charge < -0.3 is 9.84 Å². The van der Waals surface area contributed by atoms with Gasteiger partial charge in [-0.2, -0.15) is 0 Å². The molecule has 0 heterocycles. The van der Waals surface area contributed by atoms with Crippen LogP contribution in [0.4, 0.5) is 0 Å². The van der Waals surface area contributed by atoms with Gasteiger partial charge in [-0.25, -0.2) is 9.59 Å². The fourth-order valence-electron chi connectivity index (χ4n) is 0.857. The van der Waals surface area contributed by atoms with E-state index in [1.54, 1.807) is 6.92 Å². The minimum Gasteiger partial charge on any atom is -0.478 e. The summed E-state index contributed by atoms with van der Waals surface area (Å²) in [6, 6.07) is 0. The molecule has 5 nitrogen and oxygen atoms in total. The molecule has 1 N–H and O–H groups in total. The predicted molar refractivity (Wildman–Crippen MR) is 56.5 cm³/mol. The smallest absolute Gasteiger partial charge is 0.337 e. The molecule has 0 aliphatic rings. The molecule has 0 aliphatic carbocycles. The Morgan fingerprint density at radius 2 is 2.00 bits per heavy atom. The van der Waals surface area contributed by atoms with Crippen LogP contribution in [-0.2, 0) is 19.1 Å². The first-order chi connectivity index (χ1) is 7.38. The van der Waals surface area contributed by atoms with Gasteiger partial charge in [0.1, 0.15) is 0 Å². The number of aliphatic carboxylic acids is 1. The Labute approximate surface area is 93.4 Å². The van der Waals surface area contributed by atoms with E-state index in [2.05, 4.69) is 17.9 Å². The fraction of sp³-hybridized carbons (Fsp3) is 0.364. The largest absolute Gasteiger partial charge is 0.478 e. The van der Waals surface area contributed by atoms with Gasteiger partial charge in [0.25, 0.3) is 0 Å². The van der Waals surface area contributed by atoms with Crippen molar-refractivity contribution in [3.8, 4) is 0 Å². The second-order valence-corrected chi connectivity index (χ2v) is 3.29. The number of esters is 2. The van der Waals surface area contributed by atoms with Gasteiger partial charge in [0.15, 0.2) is 0 Å². The van der Waals surface area contributed by atoms with Crippen LogP contribution in [0.5, 0.6) is 0 Å². The maximum Gasteiger partial charge on any atom is 0.337 e. The second-order valence-electron chi connectivity index (χ2n) is 3.29. The number of carboxylic acids is 1. The number of ether oxygens (including phenoxy) is 1. The SMILES string of the molecule is C=CC(=O)OC(=O)C(C)CCC(=C)C(=O)O. The molecule has 0 radical (unpaired) electrons. The highest BCUT2D eigenvalue weighted by Gasteiger charge is 2.18. The summed E-state index contributed by atoms with van der Waals surface area (Å²) in [6.45, 7) is 8.03. The first-order valence-electron chi connectivity index (χ1n) is 4.67. The van der Waals surface area contributed by atoms with Gasteiger partial charge in [0, 0.05) is 11.6 Å². The quantitative estimate of drug-likeness (QED) is 0.419. The van der Waals surface area contributed by atoms with Gasteiger partial charge in [-0.3, -0.25) is 4.79 Å². The lowest BCUT2D eigenvalue weighted by atomic mass is 10.0. The lowest BCUT2D eigenvalue weighted by molar-refractivity contribution is -0.159. The van der Waals surface area contributed by atoms with E-state index in [0.717, 1.165) is 6.08 Å². The summed E-state index contributed by atoms with van der Waals surface area (Å²) in [6.07, 6.45) is 1.34. The summed E-state index contributed by atoms with van der Waals surface area (Å²) >= 11 is 0. The van der Waals surface area contributed by atoms with Crippen LogP contribution in [0.15, 0.2) is 24.8 Å². The van der Waals surface area contributed by atoms with Crippen molar-refractivity contribution in [3.05, 3.63) is 24.8 Å². The number of carbonyl (C=O) groups excluding carboxylic acids is 2. The van der Waals surface area contributed by atoms with Crippen LogP contribution in [0.3, 0.4) is 0 Å².